The molecule has 3 rings (SSSR count). The minimum absolute atomic E-state index is 0.0903. The zero-order valence-electron chi connectivity index (χ0n) is 14.5. The van der Waals surface area contributed by atoms with E-state index in [0.717, 1.165) is 17.3 Å². The molecule has 0 N–H and O–H groups in total. The molecule has 0 aliphatic carbocycles. The Morgan fingerprint density at radius 3 is 2.41 bits per heavy atom. The van der Waals surface area contributed by atoms with Crippen LogP contribution >= 0.6 is 11.8 Å². The van der Waals surface area contributed by atoms with Crippen molar-refractivity contribution in [2.24, 2.45) is 0 Å². The molecular weight excluding hydrogens is 373 g/mol. The second-order valence-electron chi connectivity index (χ2n) is 5.65. The van der Waals surface area contributed by atoms with Gasteiger partial charge in [-0.15, -0.1) is 0 Å². The lowest BCUT2D eigenvalue weighted by atomic mass is 10.2. The van der Waals surface area contributed by atoms with E-state index >= 15 is 0 Å². The summed E-state index contributed by atoms with van der Waals surface area (Å²) in [5, 5.41) is 0. The molecule has 0 aliphatic heterocycles. The molecular formula is C21H17F3O2S. The van der Waals surface area contributed by atoms with E-state index in [1.165, 1.54) is 25.3 Å². The van der Waals surface area contributed by atoms with Crippen LogP contribution in [-0.2, 0) is 6.61 Å². The zero-order chi connectivity index (χ0) is 19.2. The molecule has 2 nitrogen and oxygen atoms in total. The van der Waals surface area contributed by atoms with Crippen LogP contribution in [0.3, 0.4) is 0 Å². The largest absolute Gasteiger partial charge is 0.493 e. The second kappa shape index (κ2) is 8.86. The monoisotopic (exact) mass is 390 g/mol. The molecule has 0 amide bonds. The van der Waals surface area contributed by atoms with Gasteiger partial charge in [0.2, 0.25) is 0 Å². The van der Waals surface area contributed by atoms with Crippen LogP contribution in [0.25, 0.3) is 0 Å². The smallest absolute Gasteiger partial charge is 0.265 e. The van der Waals surface area contributed by atoms with Crippen molar-refractivity contribution in [3.8, 4) is 11.5 Å². The third kappa shape index (κ3) is 4.77. The van der Waals surface area contributed by atoms with Crippen molar-refractivity contribution in [1.82, 2.24) is 0 Å². The van der Waals surface area contributed by atoms with Crippen LogP contribution in [-0.4, -0.2) is 7.11 Å². The Kier molecular flexibility index (Phi) is 6.29. The topological polar surface area (TPSA) is 18.5 Å². The molecule has 140 valence electrons. The van der Waals surface area contributed by atoms with E-state index < -0.39 is 12.2 Å². The average molecular weight is 390 g/mol. The maximum absolute atomic E-state index is 14.1. The van der Waals surface area contributed by atoms with Gasteiger partial charge in [-0.3, -0.25) is 0 Å². The molecule has 3 aromatic rings. The summed E-state index contributed by atoms with van der Waals surface area (Å²) >= 11 is 0.931. The van der Waals surface area contributed by atoms with Crippen molar-refractivity contribution < 1.29 is 22.6 Å². The normalized spacial score (nSPS) is 10.9. The molecule has 0 saturated heterocycles. The minimum Gasteiger partial charge on any atom is -0.493 e. The number of hydrogen-bond acceptors (Lipinski definition) is 3. The predicted molar refractivity (Wildman–Crippen MR) is 99.2 cm³/mol. The van der Waals surface area contributed by atoms with Gasteiger partial charge in [0.25, 0.3) is 6.43 Å². The van der Waals surface area contributed by atoms with E-state index in [2.05, 4.69) is 0 Å². The number of methoxy groups -OCH3 is 1. The lowest BCUT2D eigenvalue weighted by Gasteiger charge is -2.13. The molecule has 6 heteroatoms. The Labute approximate surface area is 159 Å². The Morgan fingerprint density at radius 1 is 0.926 bits per heavy atom. The molecule has 0 aromatic heterocycles. The summed E-state index contributed by atoms with van der Waals surface area (Å²) in [6.45, 7) is 0.368. The molecule has 0 atom stereocenters. The van der Waals surface area contributed by atoms with E-state index in [-0.39, 0.29) is 10.5 Å². The third-order valence-electron chi connectivity index (χ3n) is 3.82. The van der Waals surface area contributed by atoms with Crippen LogP contribution in [0.1, 0.15) is 17.6 Å². The number of halogens is 3. The van der Waals surface area contributed by atoms with Crippen LogP contribution in [0.2, 0.25) is 0 Å². The molecule has 0 unspecified atom stereocenters. The Hall–Kier alpha value is -2.60. The molecule has 0 saturated carbocycles. The van der Waals surface area contributed by atoms with Crippen LogP contribution in [0.5, 0.6) is 11.5 Å². The quantitative estimate of drug-likeness (QED) is 0.459. The summed E-state index contributed by atoms with van der Waals surface area (Å²) in [6, 6.07) is 18.4. The highest BCUT2D eigenvalue weighted by atomic mass is 32.2. The van der Waals surface area contributed by atoms with E-state index in [9.17, 15) is 13.2 Å². The summed E-state index contributed by atoms with van der Waals surface area (Å²) in [5.41, 5.74) is 0.675. The highest BCUT2D eigenvalue weighted by Gasteiger charge is 2.18. The highest BCUT2D eigenvalue weighted by Crippen LogP contribution is 2.40. The number of ether oxygens (including phenoxy) is 2. The van der Waals surface area contributed by atoms with Gasteiger partial charge in [-0.1, -0.05) is 54.2 Å². The summed E-state index contributed by atoms with van der Waals surface area (Å²) in [6.07, 6.45) is -2.75. The van der Waals surface area contributed by atoms with Crippen molar-refractivity contribution >= 4 is 11.8 Å². The lowest BCUT2D eigenvalue weighted by Crippen LogP contribution is -1.98. The van der Waals surface area contributed by atoms with Crippen LogP contribution in [0.4, 0.5) is 13.2 Å². The number of alkyl halides is 2. The van der Waals surface area contributed by atoms with E-state index in [0.29, 0.717) is 23.0 Å². The summed E-state index contributed by atoms with van der Waals surface area (Å²) in [4.78, 5) is 0.485. The van der Waals surface area contributed by atoms with E-state index in [4.69, 9.17) is 9.47 Å². The molecule has 0 heterocycles. The average Bonchev–Trinajstić information content (AvgIpc) is 2.69. The van der Waals surface area contributed by atoms with Gasteiger partial charge in [-0.05, 0) is 29.8 Å². The van der Waals surface area contributed by atoms with Crippen molar-refractivity contribution in [2.45, 2.75) is 22.8 Å². The number of rotatable bonds is 7. The third-order valence-corrected chi connectivity index (χ3v) is 4.95. The van der Waals surface area contributed by atoms with Crippen molar-refractivity contribution in [3.05, 3.63) is 83.7 Å². The molecule has 0 aliphatic rings. The van der Waals surface area contributed by atoms with Crippen molar-refractivity contribution in [3.63, 3.8) is 0 Å². The van der Waals surface area contributed by atoms with Gasteiger partial charge >= 0.3 is 0 Å². The fraction of sp³-hybridized carbons (Fsp3) is 0.143. The lowest BCUT2D eigenvalue weighted by molar-refractivity contribution is 0.147. The Morgan fingerprint density at radius 2 is 1.70 bits per heavy atom. The summed E-state index contributed by atoms with van der Waals surface area (Å²) in [7, 11) is 1.49. The fourth-order valence-electron chi connectivity index (χ4n) is 2.49. The van der Waals surface area contributed by atoms with Gasteiger partial charge in [-0.25, -0.2) is 13.2 Å². The van der Waals surface area contributed by atoms with Crippen LogP contribution in [0, 0.1) is 5.82 Å². The first kappa shape index (κ1) is 19.2. The standard InChI is InChI=1S/C21H17F3O2S/c1-25-19-12-15(27-20-16(21(23)24)8-5-9-17(20)22)10-11-18(19)26-13-14-6-3-2-4-7-14/h2-12,21H,13H2,1H3. The van der Waals surface area contributed by atoms with Gasteiger partial charge in [-0.2, -0.15) is 0 Å². The molecule has 0 spiro atoms. The van der Waals surface area contributed by atoms with Crippen molar-refractivity contribution in [1.29, 1.82) is 0 Å². The predicted octanol–water partition coefficient (Wildman–Crippen LogP) is 6.50. The number of benzene rings is 3. The number of hydrogen-bond donors (Lipinski definition) is 0. The summed E-state index contributed by atoms with van der Waals surface area (Å²) in [5.74, 6) is 0.292. The molecule has 3 aromatic carbocycles. The van der Waals surface area contributed by atoms with Gasteiger partial charge in [0.1, 0.15) is 12.4 Å². The van der Waals surface area contributed by atoms with Crippen LogP contribution < -0.4 is 9.47 Å². The SMILES string of the molecule is COc1cc(Sc2c(F)cccc2C(F)F)ccc1OCc1ccccc1. The summed E-state index contributed by atoms with van der Waals surface area (Å²) < 4.78 is 51.5. The molecule has 27 heavy (non-hydrogen) atoms. The maximum Gasteiger partial charge on any atom is 0.265 e. The molecule has 0 bridgehead atoms. The molecule has 0 radical (unpaired) electrons. The van der Waals surface area contributed by atoms with E-state index in [1.54, 1.807) is 18.2 Å². The second-order valence-corrected chi connectivity index (χ2v) is 6.73. The first-order chi connectivity index (χ1) is 13.1. The first-order valence-electron chi connectivity index (χ1n) is 8.17. The van der Waals surface area contributed by atoms with Crippen LogP contribution in [0.15, 0.2) is 76.5 Å². The van der Waals surface area contributed by atoms with Gasteiger partial charge in [0, 0.05) is 10.5 Å². The Balaban J connectivity index is 1.81. The maximum atomic E-state index is 14.1. The van der Waals surface area contributed by atoms with Gasteiger partial charge < -0.3 is 9.47 Å². The highest BCUT2D eigenvalue weighted by molar-refractivity contribution is 7.99. The minimum atomic E-state index is -2.75. The Bertz CT molecular complexity index is 901. The molecule has 0 fully saturated rings. The van der Waals surface area contributed by atoms with Crippen molar-refractivity contribution in [2.75, 3.05) is 7.11 Å². The first-order valence-corrected chi connectivity index (χ1v) is 8.99. The zero-order valence-corrected chi connectivity index (χ0v) is 15.3. The van der Waals surface area contributed by atoms with Gasteiger partial charge in [0.05, 0.1) is 12.0 Å². The van der Waals surface area contributed by atoms with E-state index in [1.807, 2.05) is 30.3 Å². The fourth-order valence-corrected chi connectivity index (χ4v) is 3.47. The van der Waals surface area contributed by atoms with Gasteiger partial charge in [0.15, 0.2) is 11.5 Å².